The number of anilines is 2. The SMILES string of the molecule is Cc1ccc(NC(=O)CN(CC(=O)Nc2ccc(C)c(F)c2)S(C)(=O)=O)cc1F. The number of hydrogen-bond donors (Lipinski definition) is 2. The second-order valence-corrected chi connectivity index (χ2v) is 8.54. The molecule has 0 atom stereocenters. The molecule has 2 rings (SSSR count). The Hall–Kier alpha value is -2.85. The molecule has 0 aromatic heterocycles. The predicted molar refractivity (Wildman–Crippen MR) is 106 cm³/mol. The summed E-state index contributed by atoms with van der Waals surface area (Å²) in [5.74, 6) is -2.53. The molecule has 29 heavy (non-hydrogen) atoms. The standard InChI is InChI=1S/C19H21F2N3O4S/c1-12-4-6-14(8-16(12)20)22-18(25)10-24(29(3,27)28)11-19(26)23-15-7-5-13(2)17(21)9-15/h4-9H,10-11H2,1-3H3,(H,22,25)(H,23,26). The Labute approximate surface area is 167 Å². The molecule has 10 heteroatoms. The van der Waals surface area contributed by atoms with Gasteiger partial charge in [-0.15, -0.1) is 0 Å². The van der Waals surface area contributed by atoms with E-state index in [-0.39, 0.29) is 11.4 Å². The van der Waals surface area contributed by atoms with Crippen LogP contribution in [0.1, 0.15) is 11.1 Å². The number of nitrogens with zero attached hydrogens (tertiary/aromatic N) is 1. The molecule has 2 N–H and O–H groups in total. The van der Waals surface area contributed by atoms with E-state index >= 15 is 0 Å². The zero-order valence-electron chi connectivity index (χ0n) is 16.1. The number of amides is 2. The summed E-state index contributed by atoms with van der Waals surface area (Å²) in [5, 5.41) is 4.77. The molecule has 0 aliphatic carbocycles. The summed E-state index contributed by atoms with van der Waals surface area (Å²) in [5.41, 5.74) is 1.10. The normalized spacial score (nSPS) is 11.4. The molecule has 0 fully saturated rings. The van der Waals surface area contributed by atoms with E-state index in [2.05, 4.69) is 10.6 Å². The van der Waals surface area contributed by atoms with Crippen molar-refractivity contribution in [2.24, 2.45) is 0 Å². The maximum atomic E-state index is 13.6. The lowest BCUT2D eigenvalue weighted by molar-refractivity contribution is -0.118. The van der Waals surface area contributed by atoms with Crippen molar-refractivity contribution in [1.29, 1.82) is 0 Å². The Morgan fingerprint density at radius 3 is 1.55 bits per heavy atom. The van der Waals surface area contributed by atoms with Crippen molar-refractivity contribution in [1.82, 2.24) is 4.31 Å². The van der Waals surface area contributed by atoms with Gasteiger partial charge < -0.3 is 10.6 Å². The maximum Gasteiger partial charge on any atom is 0.239 e. The fourth-order valence-electron chi connectivity index (χ4n) is 2.35. The van der Waals surface area contributed by atoms with Crippen LogP contribution in [-0.4, -0.2) is 43.9 Å². The van der Waals surface area contributed by atoms with Crippen LogP contribution in [0.2, 0.25) is 0 Å². The van der Waals surface area contributed by atoms with Crippen LogP contribution in [0.3, 0.4) is 0 Å². The van der Waals surface area contributed by atoms with Gasteiger partial charge in [-0.1, -0.05) is 12.1 Å². The maximum absolute atomic E-state index is 13.6. The van der Waals surface area contributed by atoms with E-state index in [1.807, 2.05) is 0 Å². The highest BCUT2D eigenvalue weighted by Crippen LogP contribution is 2.15. The zero-order valence-corrected chi connectivity index (χ0v) is 16.9. The first-order chi connectivity index (χ1) is 13.5. The number of carbonyl (C=O) groups excluding carboxylic acids is 2. The predicted octanol–water partition coefficient (Wildman–Crippen LogP) is 2.42. The first-order valence-corrected chi connectivity index (χ1v) is 10.4. The summed E-state index contributed by atoms with van der Waals surface area (Å²) in [6.45, 7) is 1.82. The Kier molecular flexibility index (Phi) is 7.04. The number of aryl methyl sites for hydroxylation is 2. The summed E-state index contributed by atoms with van der Waals surface area (Å²) in [4.78, 5) is 24.3. The van der Waals surface area contributed by atoms with Crippen LogP contribution in [0.5, 0.6) is 0 Å². The molecule has 0 unspecified atom stereocenters. The Balaban J connectivity index is 2.04. The van der Waals surface area contributed by atoms with E-state index < -0.39 is 46.6 Å². The number of halogens is 2. The van der Waals surface area contributed by atoms with Crippen LogP contribution in [0.4, 0.5) is 20.2 Å². The minimum atomic E-state index is -3.91. The Morgan fingerprint density at radius 2 is 1.24 bits per heavy atom. The molecule has 156 valence electrons. The third-order valence-corrected chi connectivity index (χ3v) is 5.22. The summed E-state index contributed by atoms with van der Waals surface area (Å²) in [6, 6.07) is 8.09. The molecule has 2 aromatic rings. The van der Waals surface area contributed by atoms with E-state index in [4.69, 9.17) is 0 Å². The number of nitrogens with one attached hydrogen (secondary N) is 2. The average molecular weight is 425 g/mol. The molecule has 7 nitrogen and oxygen atoms in total. The summed E-state index contributed by atoms with van der Waals surface area (Å²) >= 11 is 0. The molecular formula is C19H21F2N3O4S. The van der Waals surface area contributed by atoms with Gasteiger partial charge in [0.15, 0.2) is 0 Å². The average Bonchev–Trinajstić information content (AvgIpc) is 2.60. The lowest BCUT2D eigenvalue weighted by Crippen LogP contribution is -2.42. The van der Waals surface area contributed by atoms with Gasteiger partial charge in [-0.05, 0) is 49.2 Å². The first kappa shape index (κ1) is 22.4. The molecule has 0 aliphatic rings. The third kappa shape index (κ3) is 6.61. The van der Waals surface area contributed by atoms with Crippen molar-refractivity contribution >= 4 is 33.2 Å². The topological polar surface area (TPSA) is 95.6 Å². The lowest BCUT2D eigenvalue weighted by atomic mass is 10.2. The van der Waals surface area contributed by atoms with Gasteiger partial charge in [-0.3, -0.25) is 9.59 Å². The van der Waals surface area contributed by atoms with Crippen LogP contribution in [0, 0.1) is 25.5 Å². The number of sulfonamides is 1. The minimum Gasteiger partial charge on any atom is -0.325 e. The van der Waals surface area contributed by atoms with Gasteiger partial charge in [0.05, 0.1) is 19.3 Å². The second-order valence-electron chi connectivity index (χ2n) is 6.56. The summed E-state index contributed by atoms with van der Waals surface area (Å²) < 4.78 is 51.7. The molecule has 0 saturated carbocycles. The lowest BCUT2D eigenvalue weighted by Gasteiger charge is -2.19. The van der Waals surface area contributed by atoms with Gasteiger partial charge in [0.2, 0.25) is 21.8 Å². The molecule has 0 radical (unpaired) electrons. The largest absolute Gasteiger partial charge is 0.325 e. The summed E-state index contributed by atoms with van der Waals surface area (Å²) in [6.07, 6.45) is 0.852. The van der Waals surface area contributed by atoms with Crippen molar-refractivity contribution in [3.63, 3.8) is 0 Å². The van der Waals surface area contributed by atoms with E-state index in [0.717, 1.165) is 18.4 Å². The van der Waals surface area contributed by atoms with E-state index in [9.17, 15) is 26.8 Å². The Morgan fingerprint density at radius 1 is 0.862 bits per heavy atom. The molecule has 0 bridgehead atoms. The number of rotatable bonds is 7. The number of carbonyl (C=O) groups is 2. The number of hydrogen-bond acceptors (Lipinski definition) is 4. The fourth-order valence-corrected chi connectivity index (χ4v) is 3.06. The minimum absolute atomic E-state index is 0.158. The molecule has 2 amide bonds. The molecule has 2 aromatic carbocycles. The highest BCUT2D eigenvalue weighted by atomic mass is 32.2. The molecule has 0 aliphatic heterocycles. The fraction of sp³-hybridized carbons (Fsp3) is 0.263. The number of benzene rings is 2. The van der Waals surface area contributed by atoms with E-state index in [1.54, 1.807) is 13.8 Å². The molecule has 0 heterocycles. The van der Waals surface area contributed by atoms with Gasteiger partial charge in [0, 0.05) is 11.4 Å². The molecular weight excluding hydrogens is 404 g/mol. The third-order valence-electron chi connectivity index (χ3n) is 4.02. The van der Waals surface area contributed by atoms with E-state index in [1.165, 1.54) is 24.3 Å². The smallest absolute Gasteiger partial charge is 0.239 e. The van der Waals surface area contributed by atoms with Crippen LogP contribution < -0.4 is 10.6 Å². The molecule has 0 spiro atoms. The highest BCUT2D eigenvalue weighted by molar-refractivity contribution is 7.88. The van der Waals surface area contributed by atoms with Crippen molar-refractivity contribution in [3.05, 3.63) is 59.2 Å². The van der Waals surface area contributed by atoms with Gasteiger partial charge >= 0.3 is 0 Å². The second kappa shape index (κ2) is 9.10. The van der Waals surface area contributed by atoms with E-state index in [0.29, 0.717) is 15.4 Å². The van der Waals surface area contributed by atoms with Gasteiger partial charge in [0.25, 0.3) is 0 Å². The van der Waals surface area contributed by atoms with Gasteiger partial charge in [-0.25, -0.2) is 17.2 Å². The van der Waals surface area contributed by atoms with Crippen LogP contribution in [-0.2, 0) is 19.6 Å². The van der Waals surface area contributed by atoms with Crippen LogP contribution in [0.15, 0.2) is 36.4 Å². The Bertz CT molecular complexity index is 974. The van der Waals surface area contributed by atoms with Crippen molar-refractivity contribution in [3.8, 4) is 0 Å². The molecule has 0 saturated heterocycles. The monoisotopic (exact) mass is 425 g/mol. The van der Waals surface area contributed by atoms with Crippen LogP contribution >= 0.6 is 0 Å². The summed E-state index contributed by atoms with van der Waals surface area (Å²) in [7, 11) is -3.91. The van der Waals surface area contributed by atoms with Crippen molar-refractivity contribution in [2.45, 2.75) is 13.8 Å². The quantitative estimate of drug-likeness (QED) is 0.712. The van der Waals surface area contributed by atoms with Gasteiger partial charge in [0.1, 0.15) is 11.6 Å². The zero-order chi connectivity index (χ0) is 21.8. The van der Waals surface area contributed by atoms with Crippen LogP contribution in [0.25, 0.3) is 0 Å². The highest BCUT2D eigenvalue weighted by Gasteiger charge is 2.23. The first-order valence-electron chi connectivity index (χ1n) is 8.53. The van der Waals surface area contributed by atoms with Crippen molar-refractivity contribution < 1.29 is 26.8 Å². The van der Waals surface area contributed by atoms with Gasteiger partial charge in [-0.2, -0.15) is 4.31 Å². The van der Waals surface area contributed by atoms with Crippen molar-refractivity contribution in [2.75, 3.05) is 30.0 Å².